The minimum Gasteiger partial charge on any atom is -0.367 e. The minimum atomic E-state index is -4.35. The van der Waals surface area contributed by atoms with Gasteiger partial charge in [0.2, 0.25) is 5.88 Å². The molecular weight excluding hydrogens is 269 g/mol. The Hall–Kier alpha value is -1.98. The van der Waals surface area contributed by atoms with Crippen molar-refractivity contribution >= 4 is 5.88 Å². The maximum Gasteiger partial charge on any atom is 0.416 e. The summed E-state index contributed by atoms with van der Waals surface area (Å²) in [4.78, 5) is 0. The molecule has 3 nitrogen and oxygen atoms in total. The molecule has 0 aliphatic heterocycles. The number of hydrogen-bond acceptors (Lipinski definition) is 3. The molecule has 0 fully saturated rings. The lowest BCUT2D eigenvalue weighted by atomic mass is 9.98. The third-order valence-corrected chi connectivity index (χ3v) is 2.92. The van der Waals surface area contributed by atoms with Gasteiger partial charge in [0.1, 0.15) is 5.69 Å². The molecule has 1 aromatic carbocycles. The molecule has 0 aliphatic rings. The van der Waals surface area contributed by atoms with Gasteiger partial charge in [-0.3, -0.25) is 0 Å². The second kappa shape index (κ2) is 5.19. The number of anilines is 1. The van der Waals surface area contributed by atoms with E-state index in [2.05, 4.69) is 5.16 Å². The number of halogens is 3. The number of alkyl halides is 3. The van der Waals surface area contributed by atoms with Crippen molar-refractivity contribution in [2.75, 3.05) is 5.73 Å². The quantitative estimate of drug-likeness (QED) is 0.921. The summed E-state index contributed by atoms with van der Waals surface area (Å²) >= 11 is 0. The normalized spacial score (nSPS) is 12.1. The van der Waals surface area contributed by atoms with E-state index in [0.717, 1.165) is 17.7 Å². The van der Waals surface area contributed by atoms with Gasteiger partial charge in [-0.1, -0.05) is 31.1 Å². The first-order valence-corrected chi connectivity index (χ1v) is 6.20. The number of nitrogens with two attached hydrogens (primary N) is 1. The van der Waals surface area contributed by atoms with Gasteiger partial charge in [-0.05, 0) is 24.5 Å². The molecule has 6 heteroatoms. The minimum absolute atomic E-state index is 0.216. The molecular formula is C14H15F3N2O. The van der Waals surface area contributed by atoms with Crippen LogP contribution in [0.4, 0.5) is 19.1 Å². The highest BCUT2D eigenvalue weighted by molar-refractivity contribution is 5.67. The largest absolute Gasteiger partial charge is 0.416 e. The van der Waals surface area contributed by atoms with Crippen LogP contribution in [0, 0.1) is 5.92 Å². The molecule has 2 N–H and O–H groups in total. The van der Waals surface area contributed by atoms with Crippen molar-refractivity contribution in [3.63, 3.8) is 0 Å². The summed E-state index contributed by atoms with van der Waals surface area (Å²) in [6.07, 6.45) is -3.69. The van der Waals surface area contributed by atoms with Crippen LogP contribution >= 0.6 is 0 Å². The average Bonchev–Trinajstić information content (AvgIpc) is 2.70. The molecule has 0 spiro atoms. The van der Waals surface area contributed by atoms with E-state index in [0.29, 0.717) is 23.6 Å². The van der Waals surface area contributed by atoms with Gasteiger partial charge in [-0.15, -0.1) is 0 Å². The lowest BCUT2D eigenvalue weighted by Gasteiger charge is -2.08. The highest BCUT2D eigenvalue weighted by atomic mass is 19.4. The average molecular weight is 284 g/mol. The molecule has 0 saturated heterocycles. The van der Waals surface area contributed by atoms with E-state index in [4.69, 9.17) is 10.3 Å². The SMILES string of the molecule is CC(C)Cc1c(-c2ccc(C(F)(F)F)cc2)noc1N. The van der Waals surface area contributed by atoms with Crippen molar-refractivity contribution in [1.29, 1.82) is 0 Å². The Kier molecular flexibility index (Phi) is 3.74. The van der Waals surface area contributed by atoms with Crippen LogP contribution in [0.2, 0.25) is 0 Å². The zero-order valence-electron chi connectivity index (χ0n) is 11.2. The van der Waals surface area contributed by atoms with Crippen molar-refractivity contribution in [3.8, 4) is 11.3 Å². The van der Waals surface area contributed by atoms with Crippen LogP contribution in [0.1, 0.15) is 25.0 Å². The van der Waals surface area contributed by atoms with Gasteiger partial charge in [0.15, 0.2) is 0 Å². The fourth-order valence-corrected chi connectivity index (χ4v) is 1.97. The predicted octanol–water partition coefficient (Wildman–Crippen LogP) is 4.14. The van der Waals surface area contributed by atoms with E-state index in [1.165, 1.54) is 12.1 Å². The summed E-state index contributed by atoms with van der Waals surface area (Å²) in [6, 6.07) is 4.81. The van der Waals surface area contributed by atoms with Gasteiger partial charge < -0.3 is 10.3 Å². The lowest BCUT2D eigenvalue weighted by molar-refractivity contribution is -0.137. The van der Waals surface area contributed by atoms with E-state index in [1.807, 2.05) is 13.8 Å². The smallest absolute Gasteiger partial charge is 0.367 e. The molecule has 0 radical (unpaired) electrons. The maximum absolute atomic E-state index is 12.5. The van der Waals surface area contributed by atoms with E-state index >= 15 is 0 Å². The molecule has 2 aromatic rings. The zero-order chi connectivity index (χ0) is 14.9. The van der Waals surface area contributed by atoms with Gasteiger partial charge in [-0.25, -0.2) is 0 Å². The molecule has 1 heterocycles. The number of aromatic nitrogens is 1. The number of hydrogen-bond donors (Lipinski definition) is 1. The van der Waals surface area contributed by atoms with Crippen LogP contribution < -0.4 is 5.73 Å². The maximum atomic E-state index is 12.5. The Bertz CT molecular complexity index is 585. The third kappa shape index (κ3) is 2.95. The van der Waals surface area contributed by atoms with Crippen molar-refractivity contribution < 1.29 is 17.7 Å². The van der Waals surface area contributed by atoms with Crippen LogP contribution in [0.3, 0.4) is 0 Å². The Morgan fingerprint density at radius 3 is 2.30 bits per heavy atom. The second-order valence-electron chi connectivity index (χ2n) is 5.05. The van der Waals surface area contributed by atoms with Crippen LogP contribution in [0.15, 0.2) is 28.8 Å². The van der Waals surface area contributed by atoms with E-state index < -0.39 is 11.7 Å². The van der Waals surface area contributed by atoms with Gasteiger partial charge in [0, 0.05) is 11.1 Å². The number of nitrogens with zero attached hydrogens (tertiary/aromatic N) is 1. The molecule has 108 valence electrons. The van der Waals surface area contributed by atoms with Crippen LogP contribution in [0.25, 0.3) is 11.3 Å². The molecule has 0 unspecified atom stereocenters. The molecule has 1 aromatic heterocycles. The first-order valence-electron chi connectivity index (χ1n) is 6.20. The Balaban J connectivity index is 2.37. The lowest BCUT2D eigenvalue weighted by Crippen LogP contribution is -2.04. The van der Waals surface area contributed by atoms with Crippen molar-refractivity contribution in [3.05, 3.63) is 35.4 Å². The topological polar surface area (TPSA) is 52.0 Å². The second-order valence-corrected chi connectivity index (χ2v) is 5.05. The van der Waals surface area contributed by atoms with Crippen molar-refractivity contribution in [2.45, 2.75) is 26.4 Å². The van der Waals surface area contributed by atoms with Gasteiger partial charge in [-0.2, -0.15) is 13.2 Å². The van der Waals surface area contributed by atoms with Crippen molar-refractivity contribution in [2.24, 2.45) is 5.92 Å². The standard InChI is InChI=1S/C14H15F3N2O/c1-8(2)7-11-12(19-20-13(11)18)9-3-5-10(6-4-9)14(15,16)17/h3-6,8H,7,18H2,1-2H3. The molecule has 0 aliphatic carbocycles. The summed E-state index contributed by atoms with van der Waals surface area (Å²) in [5.74, 6) is 0.554. The Morgan fingerprint density at radius 2 is 1.80 bits per heavy atom. The van der Waals surface area contributed by atoms with Gasteiger partial charge in [0.05, 0.1) is 5.56 Å². The van der Waals surface area contributed by atoms with E-state index in [-0.39, 0.29) is 5.88 Å². The molecule has 0 atom stereocenters. The summed E-state index contributed by atoms with van der Waals surface area (Å²) in [5.41, 5.74) is 6.83. The monoisotopic (exact) mass is 284 g/mol. The number of benzene rings is 1. The van der Waals surface area contributed by atoms with E-state index in [1.54, 1.807) is 0 Å². The fraction of sp³-hybridized carbons (Fsp3) is 0.357. The molecule has 0 amide bonds. The van der Waals surface area contributed by atoms with Crippen molar-refractivity contribution in [1.82, 2.24) is 5.16 Å². The first-order chi connectivity index (χ1) is 9.29. The number of nitrogen functional groups attached to an aromatic ring is 1. The van der Waals surface area contributed by atoms with Gasteiger partial charge >= 0.3 is 6.18 Å². The highest BCUT2D eigenvalue weighted by Crippen LogP contribution is 2.33. The summed E-state index contributed by atoms with van der Waals surface area (Å²) in [6.45, 7) is 4.03. The number of rotatable bonds is 3. The Morgan fingerprint density at radius 1 is 1.20 bits per heavy atom. The summed E-state index contributed by atoms with van der Waals surface area (Å²) < 4.78 is 42.5. The zero-order valence-corrected chi connectivity index (χ0v) is 11.2. The molecule has 20 heavy (non-hydrogen) atoms. The van der Waals surface area contributed by atoms with Crippen LogP contribution in [0.5, 0.6) is 0 Å². The fourth-order valence-electron chi connectivity index (χ4n) is 1.97. The third-order valence-electron chi connectivity index (χ3n) is 2.92. The molecule has 0 bridgehead atoms. The summed E-state index contributed by atoms with van der Waals surface area (Å²) in [5, 5.41) is 3.85. The predicted molar refractivity (Wildman–Crippen MR) is 69.9 cm³/mol. The van der Waals surface area contributed by atoms with Crippen LogP contribution in [-0.4, -0.2) is 5.16 Å². The van der Waals surface area contributed by atoms with E-state index in [9.17, 15) is 13.2 Å². The first kappa shape index (κ1) is 14.4. The Labute approximate surface area is 114 Å². The molecule has 2 rings (SSSR count). The van der Waals surface area contributed by atoms with Gasteiger partial charge in [0.25, 0.3) is 0 Å². The summed E-state index contributed by atoms with van der Waals surface area (Å²) in [7, 11) is 0. The van der Waals surface area contributed by atoms with Crippen LogP contribution in [-0.2, 0) is 12.6 Å². The molecule has 0 saturated carbocycles. The highest BCUT2D eigenvalue weighted by Gasteiger charge is 2.30.